The van der Waals surface area contributed by atoms with Gasteiger partial charge in [-0.2, -0.15) is 0 Å². The predicted octanol–water partition coefficient (Wildman–Crippen LogP) is 3.65. The van der Waals surface area contributed by atoms with E-state index in [1.807, 2.05) is 0 Å². The molecule has 2 aromatic carbocycles. The van der Waals surface area contributed by atoms with Crippen molar-refractivity contribution < 1.29 is 14.0 Å². The fourth-order valence-corrected chi connectivity index (χ4v) is 2.49. The van der Waals surface area contributed by atoms with Crippen LogP contribution in [-0.4, -0.2) is 25.4 Å². The van der Waals surface area contributed by atoms with Gasteiger partial charge in [0.15, 0.2) is 0 Å². The average molecular weight is 415 g/mol. The summed E-state index contributed by atoms with van der Waals surface area (Å²) in [5.74, 6) is -1.19. The van der Waals surface area contributed by atoms with Crippen LogP contribution in [0.2, 0.25) is 5.02 Å². The van der Waals surface area contributed by atoms with Gasteiger partial charge in [-0.25, -0.2) is 4.39 Å². The summed E-state index contributed by atoms with van der Waals surface area (Å²) < 4.78 is 13.8. The number of anilines is 2. The lowest BCUT2D eigenvalue weighted by Crippen LogP contribution is -2.24. The molecule has 0 saturated heterocycles. The van der Waals surface area contributed by atoms with E-state index in [0.717, 1.165) is 4.47 Å². The van der Waals surface area contributed by atoms with Crippen LogP contribution in [0.15, 0.2) is 40.9 Å². The Labute approximate surface area is 151 Å². The molecule has 0 aliphatic rings. The summed E-state index contributed by atoms with van der Waals surface area (Å²) in [6, 6.07) is 9.00. The maximum absolute atomic E-state index is 13.1. The van der Waals surface area contributed by atoms with E-state index >= 15 is 0 Å². The summed E-state index contributed by atoms with van der Waals surface area (Å²) in [7, 11) is 1.53. The van der Waals surface area contributed by atoms with Crippen LogP contribution < -0.4 is 16.0 Å². The van der Waals surface area contributed by atoms with Crippen molar-refractivity contribution in [1.82, 2.24) is 5.32 Å². The molecule has 0 heterocycles. The Hall–Kier alpha value is -2.12. The van der Waals surface area contributed by atoms with E-state index in [-0.39, 0.29) is 23.4 Å². The Bertz CT molecular complexity index is 786. The zero-order chi connectivity index (χ0) is 17.7. The summed E-state index contributed by atoms with van der Waals surface area (Å²) in [5, 5.41) is 7.96. The van der Waals surface area contributed by atoms with Crippen LogP contribution in [-0.2, 0) is 4.79 Å². The molecule has 0 atom stereocenters. The van der Waals surface area contributed by atoms with Crippen molar-refractivity contribution in [3.8, 4) is 0 Å². The summed E-state index contributed by atoms with van der Waals surface area (Å²) in [6.07, 6.45) is 0. The highest BCUT2D eigenvalue weighted by Gasteiger charge is 2.12. The Morgan fingerprint density at radius 1 is 1.21 bits per heavy atom. The van der Waals surface area contributed by atoms with Gasteiger partial charge < -0.3 is 16.0 Å². The quantitative estimate of drug-likeness (QED) is 0.699. The number of hydrogen-bond acceptors (Lipinski definition) is 3. The standard InChI is InChI=1S/C16H14BrClFN3O2/c1-20-16(24)11-6-9(17)2-5-14(11)21-8-15(23)22-10-3-4-13(19)12(18)7-10/h2-7,21H,8H2,1H3,(H,20,24)(H,22,23). The summed E-state index contributed by atoms with van der Waals surface area (Å²) in [4.78, 5) is 23.8. The molecule has 0 fully saturated rings. The second kappa shape index (κ2) is 8.12. The molecular weight excluding hydrogens is 401 g/mol. The fourth-order valence-electron chi connectivity index (χ4n) is 1.95. The minimum atomic E-state index is -0.558. The maximum atomic E-state index is 13.1. The van der Waals surface area contributed by atoms with Crippen LogP contribution in [0, 0.1) is 5.82 Å². The molecule has 3 N–H and O–H groups in total. The molecule has 0 aromatic heterocycles. The van der Waals surface area contributed by atoms with E-state index in [4.69, 9.17) is 11.6 Å². The Morgan fingerprint density at radius 3 is 2.62 bits per heavy atom. The van der Waals surface area contributed by atoms with E-state index in [1.165, 1.54) is 25.2 Å². The first kappa shape index (κ1) is 18.2. The van der Waals surface area contributed by atoms with Gasteiger partial charge in [-0.3, -0.25) is 9.59 Å². The molecule has 0 aliphatic carbocycles. The molecule has 2 aromatic rings. The summed E-state index contributed by atoms with van der Waals surface area (Å²) in [5.41, 5.74) is 1.31. The molecule has 2 rings (SSSR count). The van der Waals surface area contributed by atoms with Crippen LogP contribution in [0.25, 0.3) is 0 Å². The first-order valence-electron chi connectivity index (χ1n) is 6.91. The number of halogens is 3. The van der Waals surface area contributed by atoms with Crippen molar-refractivity contribution in [1.29, 1.82) is 0 Å². The number of amides is 2. The Kier molecular flexibility index (Phi) is 6.16. The third-order valence-electron chi connectivity index (χ3n) is 3.10. The average Bonchev–Trinajstić information content (AvgIpc) is 2.56. The summed E-state index contributed by atoms with van der Waals surface area (Å²) >= 11 is 8.97. The maximum Gasteiger partial charge on any atom is 0.253 e. The topological polar surface area (TPSA) is 70.2 Å². The number of benzene rings is 2. The molecular formula is C16H14BrClFN3O2. The van der Waals surface area contributed by atoms with E-state index in [9.17, 15) is 14.0 Å². The molecule has 2 amide bonds. The number of nitrogens with one attached hydrogen (secondary N) is 3. The van der Waals surface area contributed by atoms with Crippen LogP contribution in [0.3, 0.4) is 0 Å². The second-order valence-electron chi connectivity index (χ2n) is 4.80. The Morgan fingerprint density at radius 2 is 1.96 bits per heavy atom. The first-order valence-corrected chi connectivity index (χ1v) is 8.08. The van der Waals surface area contributed by atoms with Gasteiger partial charge in [-0.05, 0) is 36.4 Å². The first-order chi connectivity index (χ1) is 11.4. The minimum Gasteiger partial charge on any atom is -0.375 e. The van der Waals surface area contributed by atoms with Crippen molar-refractivity contribution in [2.24, 2.45) is 0 Å². The van der Waals surface area contributed by atoms with Crippen molar-refractivity contribution >= 4 is 50.7 Å². The highest BCUT2D eigenvalue weighted by atomic mass is 79.9. The van der Waals surface area contributed by atoms with E-state index in [2.05, 4.69) is 31.9 Å². The molecule has 0 aliphatic heterocycles. The van der Waals surface area contributed by atoms with Gasteiger partial charge in [-0.15, -0.1) is 0 Å². The fraction of sp³-hybridized carbons (Fsp3) is 0.125. The number of carbonyl (C=O) groups excluding carboxylic acids is 2. The number of hydrogen-bond donors (Lipinski definition) is 3. The molecule has 0 spiro atoms. The second-order valence-corrected chi connectivity index (χ2v) is 6.12. The highest BCUT2D eigenvalue weighted by molar-refractivity contribution is 9.10. The van der Waals surface area contributed by atoms with Gasteiger partial charge >= 0.3 is 0 Å². The molecule has 24 heavy (non-hydrogen) atoms. The lowest BCUT2D eigenvalue weighted by Gasteiger charge is -2.12. The molecule has 8 heteroatoms. The van der Waals surface area contributed by atoms with Crippen molar-refractivity contribution in [3.05, 3.63) is 57.3 Å². The van der Waals surface area contributed by atoms with Crippen LogP contribution in [0.5, 0.6) is 0 Å². The van der Waals surface area contributed by atoms with E-state index < -0.39 is 5.82 Å². The molecule has 0 unspecified atom stereocenters. The lowest BCUT2D eigenvalue weighted by molar-refractivity contribution is -0.114. The van der Waals surface area contributed by atoms with Crippen molar-refractivity contribution in [2.45, 2.75) is 0 Å². The van der Waals surface area contributed by atoms with Gasteiger partial charge in [-0.1, -0.05) is 27.5 Å². The molecule has 0 bridgehead atoms. The zero-order valence-electron chi connectivity index (χ0n) is 12.6. The number of rotatable bonds is 5. The minimum absolute atomic E-state index is 0.0688. The molecule has 126 valence electrons. The summed E-state index contributed by atoms with van der Waals surface area (Å²) in [6.45, 7) is -0.0688. The van der Waals surface area contributed by atoms with Crippen LogP contribution in [0.4, 0.5) is 15.8 Å². The lowest BCUT2D eigenvalue weighted by atomic mass is 10.1. The van der Waals surface area contributed by atoms with Gasteiger partial charge in [0.05, 0.1) is 17.1 Å². The monoisotopic (exact) mass is 413 g/mol. The van der Waals surface area contributed by atoms with Gasteiger partial charge in [0.25, 0.3) is 5.91 Å². The van der Waals surface area contributed by atoms with Crippen molar-refractivity contribution in [3.63, 3.8) is 0 Å². The molecule has 0 saturated carbocycles. The van der Waals surface area contributed by atoms with E-state index in [1.54, 1.807) is 18.2 Å². The Balaban J connectivity index is 2.03. The SMILES string of the molecule is CNC(=O)c1cc(Br)ccc1NCC(=O)Nc1ccc(F)c(Cl)c1. The van der Waals surface area contributed by atoms with Crippen LogP contribution in [0.1, 0.15) is 10.4 Å². The predicted molar refractivity (Wildman–Crippen MR) is 96.1 cm³/mol. The van der Waals surface area contributed by atoms with Gasteiger partial charge in [0.2, 0.25) is 5.91 Å². The zero-order valence-corrected chi connectivity index (χ0v) is 15.0. The molecule has 0 radical (unpaired) electrons. The van der Waals surface area contributed by atoms with E-state index in [0.29, 0.717) is 16.9 Å². The highest BCUT2D eigenvalue weighted by Crippen LogP contribution is 2.21. The van der Waals surface area contributed by atoms with Crippen molar-refractivity contribution in [2.75, 3.05) is 24.2 Å². The van der Waals surface area contributed by atoms with Crippen LogP contribution >= 0.6 is 27.5 Å². The van der Waals surface area contributed by atoms with Gasteiger partial charge in [0, 0.05) is 22.9 Å². The number of carbonyl (C=O) groups is 2. The molecule has 5 nitrogen and oxygen atoms in total. The third kappa shape index (κ3) is 4.69. The normalized spacial score (nSPS) is 10.2. The van der Waals surface area contributed by atoms with Gasteiger partial charge in [0.1, 0.15) is 5.82 Å². The largest absolute Gasteiger partial charge is 0.375 e. The smallest absolute Gasteiger partial charge is 0.253 e. The third-order valence-corrected chi connectivity index (χ3v) is 3.88.